The van der Waals surface area contributed by atoms with Gasteiger partial charge in [-0.25, -0.2) is 4.39 Å². The molecule has 12 heteroatoms. The van der Waals surface area contributed by atoms with E-state index in [4.69, 9.17) is 15.9 Å². The lowest BCUT2D eigenvalue weighted by molar-refractivity contribution is -0.138. The number of nitrogens with one attached hydrogen (secondary N) is 1. The number of nitrogens with two attached hydrogens (primary N) is 1. The maximum absolute atomic E-state index is 14.9. The lowest BCUT2D eigenvalue weighted by Gasteiger charge is -2.38. The molecule has 54 heavy (non-hydrogen) atoms. The molecule has 2 aromatic carbocycles. The minimum atomic E-state index is -0.644. The van der Waals surface area contributed by atoms with Gasteiger partial charge in [-0.2, -0.15) is 0 Å². The zero-order chi connectivity index (χ0) is 38.6. The number of rotatable bonds is 11. The van der Waals surface area contributed by atoms with Crippen molar-refractivity contribution in [3.8, 4) is 0 Å². The summed E-state index contributed by atoms with van der Waals surface area (Å²) in [6, 6.07) is 10.8. The largest absolute Gasteiger partial charge is 0.375 e. The van der Waals surface area contributed by atoms with Gasteiger partial charge in [0.05, 0.1) is 24.3 Å². The number of ether oxygens (including phenoxy) is 1. The Morgan fingerprint density at radius 3 is 1.93 bits per heavy atom. The molecule has 0 bridgehead atoms. The Morgan fingerprint density at radius 1 is 0.722 bits per heavy atom. The zero-order valence-electron chi connectivity index (χ0n) is 32.2. The fourth-order valence-electron chi connectivity index (χ4n) is 8.21. The normalized spacial score (nSPS) is 19.2. The maximum Gasteiger partial charge on any atom is 0.256 e. The average Bonchev–Trinajstić information content (AvgIpc) is 3.20. The van der Waals surface area contributed by atoms with E-state index in [1.54, 1.807) is 34.1 Å². The molecule has 0 radical (unpaired) electrons. The van der Waals surface area contributed by atoms with Gasteiger partial charge in [0.2, 0.25) is 17.7 Å². The number of likely N-dealkylation sites (tertiary alicyclic amines) is 2. The van der Waals surface area contributed by atoms with E-state index < -0.39 is 17.6 Å². The number of benzene rings is 2. The van der Waals surface area contributed by atoms with Crippen LogP contribution in [-0.2, 0) is 20.7 Å². The van der Waals surface area contributed by atoms with E-state index in [0.29, 0.717) is 62.1 Å². The molecule has 4 fully saturated rings. The van der Waals surface area contributed by atoms with Crippen molar-refractivity contribution >= 4 is 29.3 Å². The van der Waals surface area contributed by atoms with Crippen LogP contribution in [0.25, 0.3) is 0 Å². The molecule has 0 atom stereocenters. The van der Waals surface area contributed by atoms with E-state index in [2.05, 4.69) is 4.90 Å². The number of nitrogens with zero attached hydrogens (tertiary/aromatic N) is 4. The summed E-state index contributed by atoms with van der Waals surface area (Å²) < 4.78 is 21.4. The first-order valence-electron chi connectivity index (χ1n) is 20.1. The molecule has 3 aliphatic heterocycles. The molecule has 1 saturated carbocycles. The van der Waals surface area contributed by atoms with Crippen molar-refractivity contribution in [1.29, 1.82) is 5.41 Å². The van der Waals surface area contributed by atoms with Gasteiger partial charge in [-0.05, 0) is 68.2 Å². The van der Waals surface area contributed by atoms with Crippen molar-refractivity contribution in [3.63, 3.8) is 0 Å². The molecule has 3 heterocycles. The van der Waals surface area contributed by atoms with Crippen LogP contribution in [0.4, 0.5) is 4.39 Å². The molecule has 0 aromatic heterocycles. The summed E-state index contributed by atoms with van der Waals surface area (Å²) >= 11 is 0. The molecule has 1 aliphatic carbocycles. The molecule has 4 aliphatic rings. The number of hydrogen-bond donors (Lipinski definition) is 2. The molecule has 11 nitrogen and oxygen atoms in total. The highest BCUT2D eigenvalue weighted by atomic mass is 19.1. The van der Waals surface area contributed by atoms with Crippen molar-refractivity contribution in [2.24, 2.45) is 11.7 Å². The highest BCUT2D eigenvalue weighted by Crippen LogP contribution is 2.28. The molecule has 0 unspecified atom stereocenters. The van der Waals surface area contributed by atoms with E-state index >= 15 is 0 Å². The SMILES string of the molecule is CC.N=C(Cc1ccc(F)c(C(=O)N2CCN(C(=O)CN3CCC(OC4CCN(C(=O)CC5CCCCC5)CC4)CC3)CC2)c1)c1ccccc1C(N)=O. The number of amides is 4. The lowest BCUT2D eigenvalue weighted by atomic mass is 9.86. The molecular weight excluding hydrogens is 687 g/mol. The summed E-state index contributed by atoms with van der Waals surface area (Å²) in [5.74, 6) is -0.818. The van der Waals surface area contributed by atoms with Gasteiger partial charge in [0.1, 0.15) is 5.82 Å². The lowest BCUT2D eigenvalue weighted by Crippen LogP contribution is -2.53. The second kappa shape index (κ2) is 20.0. The first kappa shape index (κ1) is 41.0. The monoisotopic (exact) mass is 746 g/mol. The number of piperazine rings is 1. The Hall–Kier alpha value is -4.16. The number of piperidine rings is 2. The molecule has 2 aromatic rings. The minimum Gasteiger partial charge on any atom is -0.375 e. The number of primary amides is 1. The Kier molecular flexibility index (Phi) is 15.2. The molecule has 0 spiro atoms. The van der Waals surface area contributed by atoms with Crippen LogP contribution in [0, 0.1) is 17.1 Å². The van der Waals surface area contributed by atoms with Crippen molar-refractivity contribution in [3.05, 3.63) is 70.5 Å². The van der Waals surface area contributed by atoms with Gasteiger partial charge < -0.3 is 30.6 Å². The van der Waals surface area contributed by atoms with E-state index in [-0.39, 0.29) is 41.4 Å². The van der Waals surface area contributed by atoms with Crippen LogP contribution in [0.1, 0.15) is 110 Å². The molecule has 3 N–H and O–H groups in total. The predicted octanol–water partition coefficient (Wildman–Crippen LogP) is 5.29. The van der Waals surface area contributed by atoms with Crippen LogP contribution in [0.2, 0.25) is 0 Å². The van der Waals surface area contributed by atoms with Crippen LogP contribution in [0.5, 0.6) is 0 Å². The number of hydrogen-bond acceptors (Lipinski definition) is 7. The third-order valence-corrected chi connectivity index (χ3v) is 11.3. The molecule has 294 valence electrons. The van der Waals surface area contributed by atoms with Crippen LogP contribution in [0.3, 0.4) is 0 Å². The first-order valence-corrected chi connectivity index (χ1v) is 20.1. The zero-order valence-corrected chi connectivity index (χ0v) is 32.2. The van der Waals surface area contributed by atoms with Gasteiger partial charge in [-0.15, -0.1) is 0 Å². The van der Waals surface area contributed by atoms with Crippen molar-refractivity contribution in [1.82, 2.24) is 19.6 Å². The van der Waals surface area contributed by atoms with E-state index in [9.17, 15) is 23.6 Å². The summed E-state index contributed by atoms with van der Waals surface area (Å²) in [6.45, 7) is 8.82. The number of carbonyl (C=O) groups excluding carboxylic acids is 4. The van der Waals surface area contributed by atoms with Crippen LogP contribution in [0.15, 0.2) is 42.5 Å². The van der Waals surface area contributed by atoms with Gasteiger partial charge in [0.25, 0.3) is 5.91 Å². The highest BCUT2D eigenvalue weighted by molar-refractivity contribution is 6.09. The molecule has 6 rings (SSSR count). The number of halogens is 1. The molecule has 3 saturated heterocycles. The topological polar surface area (TPSA) is 140 Å². The third kappa shape index (κ3) is 11.0. The highest BCUT2D eigenvalue weighted by Gasteiger charge is 2.31. The fraction of sp³-hybridized carbons (Fsp3) is 0.595. The Morgan fingerprint density at radius 2 is 1.30 bits per heavy atom. The fourth-order valence-corrected chi connectivity index (χ4v) is 8.21. The Labute approximate surface area is 319 Å². The van der Waals surface area contributed by atoms with Crippen LogP contribution >= 0.6 is 0 Å². The quantitative estimate of drug-likeness (QED) is 0.300. The van der Waals surface area contributed by atoms with Gasteiger partial charge in [0.15, 0.2) is 0 Å². The third-order valence-electron chi connectivity index (χ3n) is 11.3. The second-order valence-corrected chi connectivity index (χ2v) is 15.0. The van der Waals surface area contributed by atoms with Gasteiger partial charge >= 0.3 is 0 Å². The van der Waals surface area contributed by atoms with Gasteiger partial charge in [-0.1, -0.05) is 57.4 Å². The average molecular weight is 747 g/mol. The Balaban J connectivity index is 0.00000276. The summed E-state index contributed by atoms with van der Waals surface area (Å²) in [5, 5.41) is 8.54. The summed E-state index contributed by atoms with van der Waals surface area (Å²) in [6.07, 6.45) is 10.9. The van der Waals surface area contributed by atoms with Gasteiger partial charge in [-0.3, -0.25) is 24.1 Å². The summed E-state index contributed by atoms with van der Waals surface area (Å²) in [5.41, 5.74) is 6.74. The standard InChI is InChI=1S/C40H53FN6O5.C2H6/c41-35-11-10-29(25-36(42)32-8-4-5-9-33(32)39(43)50)24-34(35)40(51)47-22-20-46(21-23-47)38(49)27-44-16-12-30(13-17-44)52-31-14-18-45(19-15-31)37(48)26-28-6-2-1-3-7-28;1-2/h4-5,8-11,24,28,30-31,42H,1-3,6-7,12-23,25-27H2,(H2,43,50);1-2H3. The van der Waals surface area contributed by atoms with Gasteiger partial charge in [0, 0.05) is 82.0 Å². The minimum absolute atomic E-state index is 0.0275. The second-order valence-electron chi connectivity index (χ2n) is 15.0. The molecule has 4 amide bonds. The number of carbonyl (C=O) groups is 4. The van der Waals surface area contributed by atoms with Crippen LogP contribution in [-0.4, -0.2) is 120 Å². The predicted molar refractivity (Wildman–Crippen MR) is 207 cm³/mol. The van der Waals surface area contributed by atoms with Crippen molar-refractivity contribution in [2.45, 2.75) is 96.7 Å². The molecular formula is C42H59FN6O5. The van der Waals surface area contributed by atoms with E-state index in [1.807, 2.05) is 18.7 Å². The Bertz CT molecular complexity index is 1610. The van der Waals surface area contributed by atoms with Crippen LogP contribution < -0.4 is 5.73 Å². The first-order chi connectivity index (χ1) is 26.1. The van der Waals surface area contributed by atoms with Crippen molar-refractivity contribution in [2.75, 3.05) is 58.9 Å². The summed E-state index contributed by atoms with van der Waals surface area (Å²) in [4.78, 5) is 58.8. The maximum atomic E-state index is 14.9. The summed E-state index contributed by atoms with van der Waals surface area (Å²) in [7, 11) is 0. The van der Waals surface area contributed by atoms with E-state index in [0.717, 1.165) is 51.9 Å². The van der Waals surface area contributed by atoms with Crippen molar-refractivity contribution < 1.29 is 28.3 Å². The smallest absolute Gasteiger partial charge is 0.256 e. The van der Waals surface area contributed by atoms with E-state index in [1.165, 1.54) is 50.3 Å².